The monoisotopic (exact) mass is 327 g/mol. The second-order valence-electron chi connectivity index (χ2n) is 6.24. The van der Waals surface area contributed by atoms with E-state index in [0.29, 0.717) is 18.7 Å². The molecule has 0 aromatic carbocycles. The van der Waals surface area contributed by atoms with Gasteiger partial charge in [-0.25, -0.2) is 0 Å². The fraction of sp³-hybridized carbons (Fsp3) is 0.471. The molecule has 0 radical (unpaired) electrons. The van der Waals surface area contributed by atoms with E-state index in [1.807, 2.05) is 11.0 Å². The van der Waals surface area contributed by atoms with Crippen LogP contribution in [0.4, 0.5) is 11.6 Å². The smallest absolute Gasteiger partial charge is 0.257 e. The number of piperazine rings is 1. The Balaban J connectivity index is 1.36. The highest BCUT2D eigenvalue weighted by molar-refractivity contribution is 5.94. The van der Waals surface area contributed by atoms with Crippen molar-refractivity contribution in [3.63, 3.8) is 0 Å². The minimum atomic E-state index is 0.0267. The van der Waals surface area contributed by atoms with Crippen LogP contribution in [0.1, 0.15) is 23.2 Å². The summed E-state index contributed by atoms with van der Waals surface area (Å²) in [6.07, 6.45) is 5.49. The van der Waals surface area contributed by atoms with Gasteiger partial charge in [0.2, 0.25) is 0 Å². The van der Waals surface area contributed by atoms with Crippen LogP contribution >= 0.6 is 0 Å². The highest BCUT2D eigenvalue weighted by Crippen LogP contribution is 2.20. The van der Waals surface area contributed by atoms with E-state index in [-0.39, 0.29) is 5.91 Å². The van der Waals surface area contributed by atoms with E-state index in [2.05, 4.69) is 26.1 Å². The summed E-state index contributed by atoms with van der Waals surface area (Å²) in [6, 6.07) is 5.79. The maximum Gasteiger partial charge on any atom is 0.257 e. The zero-order valence-electron chi connectivity index (χ0n) is 13.6. The van der Waals surface area contributed by atoms with Gasteiger partial charge < -0.3 is 19.1 Å². The van der Waals surface area contributed by atoms with Crippen molar-refractivity contribution >= 4 is 17.5 Å². The van der Waals surface area contributed by atoms with Gasteiger partial charge in [-0.1, -0.05) is 0 Å². The summed E-state index contributed by atoms with van der Waals surface area (Å²) in [4.78, 5) is 18.6. The standard InChI is InChI=1S/C17H21N5O2/c23-17(14-5-12-24-13-14)22-10-8-21(9-11-22)16-4-3-15(18-19-16)20-6-1-2-7-20/h3-5,12-13H,1-2,6-11H2. The number of furan rings is 1. The van der Waals surface area contributed by atoms with E-state index in [0.717, 1.165) is 37.8 Å². The summed E-state index contributed by atoms with van der Waals surface area (Å²) in [5, 5.41) is 8.75. The molecule has 0 saturated carbocycles. The Bertz CT molecular complexity index is 672. The van der Waals surface area contributed by atoms with Crippen LogP contribution in [0.15, 0.2) is 35.1 Å². The van der Waals surface area contributed by atoms with Crippen LogP contribution in [0.2, 0.25) is 0 Å². The van der Waals surface area contributed by atoms with Gasteiger partial charge in [-0.05, 0) is 31.0 Å². The molecule has 0 aliphatic carbocycles. The Morgan fingerprint density at radius 1 is 0.875 bits per heavy atom. The fourth-order valence-corrected chi connectivity index (χ4v) is 3.31. The first kappa shape index (κ1) is 15.0. The van der Waals surface area contributed by atoms with E-state index in [1.165, 1.54) is 25.4 Å². The van der Waals surface area contributed by atoms with Gasteiger partial charge in [-0.15, -0.1) is 10.2 Å². The van der Waals surface area contributed by atoms with Crippen LogP contribution in [0, 0.1) is 0 Å². The molecule has 0 atom stereocenters. The predicted molar refractivity (Wildman–Crippen MR) is 90.3 cm³/mol. The zero-order chi connectivity index (χ0) is 16.4. The van der Waals surface area contributed by atoms with Gasteiger partial charge in [-0.3, -0.25) is 4.79 Å². The van der Waals surface area contributed by atoms with Crippen molar-refractivity contribution in [3.8, 4) is 0 Å². The van der Waals surface area contributed by atoms with Crippen LogP contribution in [-0.2, 0) is 0 Å². The molecule has 7 nitrogen and oxygen atoms in total. The number of nitrogens with zero attached hydrogens (tertiary/aromatic N) is 5. The molecule has 4 heterocycles. The molecule has 0 bridgehead atoms. The predicted octanol–water partition coefficient (Wildman–Crippen LogP) is 1.63. The van der Waals surface area contributed by atoms with Crippen molar-refractivity contribution in [2.75, 3.05) is 49.1 Å². The van der Waals surface area contributed by atoms with Gasteiger partial charge >= 0.3 is 0 Å². The van der Waals surface area contributed by atoms with Gasteiger partial charge in [0.1, 0.15) is 6.26 Å². The normalized spacial score (nSPS) is 18.2. The average Bonchev–Trinajstić information content (AvgIpc) is 3.35. The van der Waals surface area contributed by atoms with Gasteiger partial charge in [0.15, 0.2) is 11.6 Å². The topological polar surface area (TPSA) is 65.7 Å². The minimum Gasteiger partial charge on any atom is -0.472 e. The van der Waals surface area contributed by atoms with Crippen molar-refractivity contribution < 1.29 is 9.21 Å². The third-order valence-corrected chi connectivity index (χ3v) is 4.73. The number of amides is 1. The molecule has 4 rings (SSSR count). The average molecular weight is 327 g/mol. The number of anilines is 2. The Hall–Kier alpha value is -2.57. The molecule has 7 heteroatoms. The van der Waals surface area contributed by atoms with E-state index < -0.39 is 0 Å². The van der Waals surface area contributed by atoms with Crippen LogP contribution in [0.3, 0.4) is 0 Å². The maximum absolute atomic E-state index is 12.3. The summed E-state index contributed by atoms with van der Waals surface area (Å²) in [6.45, 7) is 5.04. The lowest BCUT2D eigenvalue weighted by molar-refractivity contribution is 0.0746. The third kappa shape index (κ3) is 2.93. The summed E-state index contributed by atoms with van der Waals surface area (Å²) in [5.41, 5.74) is 0.609. The van der Waals surface area contributed by atoms with Crippen molar-refractivity contribution in [1.82, 2.24) is 15.1 Å². The molecule has 2 aromatic rings. The first-order valence-electron chi connectivity index (χ1n) is 8.46. The number of rotatable bonds is 3. The van der Waals surface area contributed by atoms with E-state index in [1.54, 1.807) is 6.07 Å². The lowest BCUT2D eigenvalue weighted by Gasteiger charge is -2.35. The Morgan fingerprint density at radius 2 is 1.50 bits per heavy atom. The van der Waals surface area contributed by atoms with E-state index >= 15 is 0 Å². The lowest BCUT2D eigenvalue weighted by Crippen LogP contribution is -2.49. The molecule has 0 unspecified atom stereocenters. The number of hydrogen-bond donors (Lipinski definition) is 0. The van der Waals surface area contributed by atoms with Crippen LogP contribution < -0.4 is 9.80 Å². The fourth-order valence-electron chi connectivity index (χ4n) is 3.31. The van der Waals surface area contributed by atoms with Crippen LogP contribution in [-0.4, -0.2) is 60.3 Å². The van der Waals surface area contributed by atoms with Crippen LogP contribution in [0.5, 0.6) is 0 Å². The first-order valence-corrected chi connectivity index (χ1v) is 8.46. The van der Waals surface area contributed by atoms with E-state index in [4.69, 9.17) is 4.42 Å². The molecular formula is C17H21N5O2. The van der Waals surface area contributed by atoms with E-state index in [9.17, 15) is 4.79 Å². The minimum absolute atomic E-state index is 0.0267. The highest BCUT2D eigenvalue weighted by Gasteiger charge is 2.24. The summed E-state index contributed by atoms with van der Waals surface area (Å²) in [7, 11) is 0. The van der Waals surface area contributed by atoms with Crippen molar-refractivity contribution in [3.05, 3.63) is 36.3 Å². The molecule has 2 saturated heterocycles. The summed E-state index contributed by atoms with van der Waals surface area (Å²) in [5.74, 6) is 1.87. The summed E-state index contributed by atoms with van der Waals surface area (Å²) >= 11 is 0. The van der Waals surface area contributed by atoms with Crippen molar-refractivity contribution in [1.29, 1.82) is 0 Å². The molecule has 0 N–H and O–H groups in total. The van der Waals surface area contributed by atoms with Gasteiger partial charge in [-0.2, -0.15) is 0 Å². The molecule has 2 fully saturated rings. The Labute approximate surface area is 140 Å². The molecule has 126 valence electrons. The number of hydrogen-bond acceptors (Lipinski definition) is 6. The summed E-state index contributed by atoms with van der Waals surface area (Å²) < 4.78 is 4.99. The van der Waals surface area contributed by atoms with Crippen LogP contribution in [0.25, 0.3) is 0 Å². The number of carbonyl (C=O) groups is 1. The molecule has 24 heavy (non-hydrogen) atoms. The van der Waals surface area contributed by atoms with Crippen molar-refractivity contribution in [2.24, 2.45) is 0 Å². The van der Waals surface area contributed by atoms with Gasteiger partial charge in [0.05, 0.1) is 11.8 Å². The molecule has 2 aromatic heterocycles. The zero-order valence-corrected chi connectivity index (χ0v) is 13.6. The van der Waals surface area contributed by atoms with Gasteiger partial charge in [0.25, 0.3) is 5.91 Å². The molecule has 0 spiro atoms. The highest BCUT2D eigenvalue weighted by atomic mass is 16.3. The number of carbonyl (C=O) groups excluding carboxylic acids is 1. The lowest BCUT2D eigenvalue weighted by atomic mass is 10.2. The van der Waals surface area contributed by atoms with Crippen molar-refractivity contribution in [2.45, 2.75) is 12.8 Å². The molecule has 2 aliphatic rings. The molecule has 2 aliphatic heterocycles. The SMILES string of the molecule is O=C(c1ccoc1)N1CCN(c2ccc(N3CCCC3)nn2)CC1. The third-order valence-electron chi connectivity index (χ3n) is 4.73. The Morgan fingerprint density at radius 3 is 2.04 bits per heavy atom. The molecular weight excluding hydrogens is 306 g/mol. The second-order valence-corrected chi connectivity index (χ2v) is 6.24. The Kier molecular flexibility index (Phi) is 4.06. The van der Waals surface area contributed by atoms with Gasteiger partial charge in [0, 0.05) is 39.3 Å². The number of aromatic nitrogens is 2. The second kappa shape index (κ2) is 6.51. The first-order chi connectivity index (χ1) is 11.8. The largest absolute Gasteiger partial charge is 0.472 e. The molecule has 1 amide bonds. The maximum atomic E-state index is 12.3. The quantitative estimate of drug-likeness (QED) is 0.854.